The monoisotopic (exact) mass is 478 g/mol. The molecular weight excluding hydrogens is 444 g/mol. The fourth-order valence-corrected chi connectivity index (χ4v) is 4.53. The van der Waals surface area contributed by atoms with E-state index in [9.17, 15) is 14.7 Å². The Morgan fingerprint density at radius 2 is 1.69 bits per heavy atom. The van der Waals surface area contributed by atoms with E-state index in [0.29, 0.717) is 43.2 Å². The number of aliphatic hydroxyl groups excluding tert-OH is 1. The van der Waals surface area contributed by atoms with Crippen molar-refractivity contribution in [2.24, 2.45) is 0 Å². The molecule has 7 nitrogen and oxygen atoms in total. The first-order valence-electron chi connectivity index (χ1n) is 12.0. The van der Waals surface area contributed by atoms with Crippen molar-refractivity contribution >= 4 is 17.4 Å². The Morgan fingerprint density at radius 3 is 2.31 bits per heavy atom. The van der Waals surface area contributed by atoms with Crippen molar-refractivity contribution in [1.82, 2.24) is 9.80 Å². The summed E-state index contributed by atoms with van der Waals surface area (Å²) < 4.78 is 11.2. The van der Waals surface area contributed by atoms with Gasteiger partial charge in [-0.15, -0.1) is 0 Å². The van der Waals surface area contributed by atoms with Crippen LogP contribution in [0.3, 0.4) is 0 Å². The molecule has 35 heavy (non-hydrogen) atoms. The smallest absolute Gasteiger partial charge is 0.295 e. The number of ketones is 1. The molecule has 1 atom stereocenters. The van der Waals surface area contributed by atoms with Crippen LogP contribution < -0.4 is 9.47 Å². The number of hydrogen-bond donors (Lipinski definition) is 1. The molecule has 0 bridgehead atoms. The Bertz CT molecular complexity index is 1140. The van der Waals surface area contributed by atoms with Crippen LogP contribution in [0, 0.1) is 0 Å². The molecule has 2 aliphatic heterocycles. The highest BCUT2D eigenvalue weighted by molar-refractivity contribution is 6.46. The number of benzene rings is 2. The third-order valence-corrected chi connectivity index (χ3v) is 6.45. The van der Waals surface area contributed by atoms with Crippen molar-refractivity contribution in [2.75, 3.05) is 40.4 Å². The highest BCUT2D eigenvalue weighted by Crippen LogP contribution is 2.41. The molecule has 7 heteroatoms. The molecular formula is C28H34N2O5. The van der Waals surface area contributed by atoms with Crippen LogP contribution in [0.4, 0.5) is 0 Å². The van der Waals surface area contributed by atoms with Crippen molar-refractivity contribution in [3.63, 3.8) is 0 Å². The molecule has 2 aliphatic rings. The van der Waals surface area contributed by atoms with Crippen LogP contribution in [-0.2, 0) is 15.0 Å². The molecule has 186 valence electrons. The number of likely N-dealkylation sites (tertiary alicyclic amines) is 1. The second-order valence-electron chi connectivity index (χ2n) is 10.4. The lowest BCUT2D eigenvalue weighted by atomic mass is 9.85. The summed E-state index contributed by atoms with van der Waals surface area (Å²) >= 11 is 0. The number of nitrogens with zero attached hydrogens (tertiary/aromatic N) is 2. The number of ether oxygens (including phenoxy) is 2. The Morgan fingerprint density at radius 1 is 1.03 bits per heavy atom. The molecule has 0 aliphatic carbocycles. The fraction of sp³-hybridized carbons (Fsp3) is 0.429. The Kier molecular flexibility index (Phi) is 6.90. The van der Waals surface area contributed by atoms with Crippen molar-refractivity contribution < 1.29 is 24.2 Å². The summed E-state index contributed by atoms with van der Waals surface area (Å²) in [6.45, 7) is 8.47. The van der Waals surface area contributed by atoms with E-state index >= 15 is 0 Å². The zero-order valence-corrected chi connectivity index (χ0v) is 21.1. The number of hydrogen-bond acceptors (Lipinski definition) is 6. The van der Waals surface area contributed by atoms with Gasteiger partial charge in [-0.2, -0.15) is 0 Å². The highest BCUT2D eigenvalue weighted by atomic mass is 16.6. The largest absolute Gasteiger partial charge is 0.507 e. The van der Waals surface area contributed by atoms with Crippen LogP contribution in [0.5, 0.6) is 11.5 Å². The minimum absolute atomic E-state index is 0.0305. The summed E-state index contributed by atoms with van der Waals surface area (Å²) in [4.78, 5) is 30.0. The van der Waals surface area contributed by atoms with Gasteiger partial charge in [-0.1, -0.05) is 45.0 Å². The van der Waals surface area contributed by atoms with Crippen LogP contribution in [0.25, 0.3) is 5.76 Å². The Labute approximate surface area is 206 Å². The Balaban J connectivity index is 1.78. The summed E-state index contributed by atoms with van der Waals surface area (Å²) in [6, 6.07) is 12.3. The lowest BCUT2D eigenvalue weighted by Crippen LogP contribution is -2.32. The number of rotatable bonds is 6. The van der Waals surface area contributed by atoms with Gasteiger partial charge in [0.25, 0.3) is 11.7 Å². The number of fused-ring (bicyclic) bond motifs is 1. The second kappa shape index (κ2) is 9.74. The SMILES string of the molecule is CN(C)CCCN1C(=O)C(=O)/C(=C(/O)c2ccc3c(c2)OCCO3)C1c1ccc(C(C)(C)C)cc1. The molecule has 0 saturated carbocycles. The summed E-state index contributed by atoms with van der Waals surface area (Å²) in [6.07, 6.45) is 0.709. The molecule has 1 unspecified atom stereocenters. The third-order valence-electron chi connectivity index (χ3n) is 6.45. The zero-order valence-electron chi connectivity index (χ0n) is 21.1. The Hall–Kier alpha value is -3.32. The minimum atomic E-state index is -0.674. The lowest BCUT2D eigenvalue weighted by molar-refractivity contribution is -0.139. The number of carbonyl (C=O) groups is 2. The van der Waals surface area contributed by atoms with Gasteiger partial charge in [-0.05, 0) is 61.8 Å². The zero-order chi connectivity index (χ0) is 25.3. The number of carbonyl (C=O) groups excluding carboxylic acids is 2. The van der Waals surface area contributed by atoms with Gasteiger partial charge in [-0.25, -0.2) is 0 Å². The van der Waals surface area contributed by atoms with Crippen molar-refractivity contribution in [3.05, 3.63) is 64.7 Å². The molecule has 1 saturated heterocycles. The van der Waals surface area contributed by atoms with Crippen LogP contribution in [0.15, 0.2) is 48.0 Å². The normalized spacial score (nSPS) is 19.5. The van der Waals surface area contributed by atoms with Crippen molar-refractivity contribution in [2.45, 2.75) is 38.6 Å². The van der Waals surface area contributed by atoms with Gasteiger partial charge in [0.05, 0.1) is 11.6 Å². The molecule has 0 spiro atoms. The van der Waals surface area contributed by atoms with E-state index in [0.717, 1.165) is 17.7 Å². The quantitative estimate of drug-likeness (QED) is 0.382. The molecule has 1 amide bonds. The maximum Gasteiger partial charge on any atom is 0.295 e. The topological polar surface area (TPSA) is 79.3 Å². The van der Waals surface area contributed by atoms with Crippen molar-refractivity contribution in [1.29, 1.82) is 0 Å². The van der Waals surface area contributed by atoms with E-state index in [1.807, 2.05) is 43.3 Å². The standard InChI is InChI=1S/C28H34N2O5/c1-28(2,3)20-10-7-18(8-11-20)24-23(26(32)27(33)30(24)14-6-13-29(4)5)25(31)19-9-12-21-22(17-19)35-16-15-34-21/h7-12,17,24,31H,6,13-16H2,1-5H3/b25-23+. The third kappa shape index (κ3) is 5.05. The van der Waals surface area contributed by atoms with Crippen molar-refractivity contribution in [3.8, 4) is 11.5 Å². The average molecular weight is 479 g/mol. The maximum atomic E-state index is 13.3. The van der Waals surface area contributed by atoms with Gasteiger partial charge in [0.1, 0.15) is 19.0 Å². The van der Waals surface area contributed by atoms with Gasteiger partial charge in [0.2, 0.25) is 0 Å². The van der Waals surface area contributed by atoms with Gasteiger partial charge in [-0.3, -0.25) is 9.59 Å². The van der Waals surface area contributed by atoms with Crippen LogP contribution in [0.2, 0.25) is 0 Å². The predicted molar refractivity (Wildman–Crippen MR) is 135 cm³/mol. The van der Waals surface area contributed by atoms with E-state index in [2.05, 4.69) is 20.8 Å². The maximum absolute atomic E-state index is 13.3. The number of amides is 1. The molecule has 2 heterocycles. The number of Topliss-reactive ketones (excluding diaryl/α,β-unsaturated/α-hetero) is 1. The van der Waals surface area contributed by atoms with Crippen LogP contribution in [0.1, 0.15) is 49.9 Å². The van der Waals surface area contributed by atoms with Crippen LogP contribution >= 0.6 is 0 Å². The van der Waals surface area contributed by atoms with Gasteiger partial charge >= 0.3 is 0 Å². The predicted octanol–water partition coefficient (Wildman–Crippen LogP) is 4.13. The van der Waals surface area contributed by atoms with E-state index in [4.69, 9.17) is 9.47 Å². The number of aliphatic hydroxyl groups is 1. The van der Waals surface area contributed by atoms with Gasteiger partial charge in [0.15, 0.2) is 11.5 Å². The molecule has 4 rings (SSSR count). The van der Waals surface area contributed by atoms with Gasteiger partial charge in [0, 0.05) is 12.1 Å². The highest BCUT2D eigenvalue weighted by Gasteiger charge is 2.46. The summed E-state index contributed by atoms with van der Waals surface area (Å²) in [5.41, 5.74) is 2.42. The van der Waals surface area contributed by atoms with E-state index in [1.54, 1.807) is 23.1 Å². The summed E-state index contributed by atoms with van der Waals surface area (Å²) in [7, 11) is 3.94. The van der Waals surface area contributed by atoms with Gasteiger partial charge < -0.3 is 24.4 Å². The second-order valence-corrected chi connectivity index (χ2v) is 10.4. The average Bonchev–Trinajstić information content (AvgIpc) is 3.07. The molecule has 2 aromatic carbocycles. The fourth-order valence-electron chi connectivity index (χ4n) is 4.53. The molecule has 0 aromatic heterocycles. The molecule has 2 aromatic rings. The lowest BCUT2D eigenvalue weighted by Gasteiger charge is -2.27. The molecule has 1 N–H and O–H groups in total. The molecule has 0 radical (unpaired) electrons. The first-order valence-corrected chi connectivity index (χ1v) is 12.0. The van der Waals surface area contributed by atoms with Crippen LogP contribution in [-0.4, -0.2) is 67.0 Å². The van der Waals surface area contributed by atoms with E-state index < -0.39 is 17.7 Å². The first-order chi connectivity index (χ1) is 16.6. The first kappa shape index (κ1) is 24.8. The minimum Gasteiger partial charge on any atom is -0.507 e. The molecule has 1 fully saturated rings. The summed E-state index contributed by atoms with van der Waals surface area (Å²) in [5.74, 6) is -0.377. The van der Waals surface area contributed by atoms with E-state index in [1.165, 1.54) is 0 Å². The summed E-state index contributed by atoms with van der Waals surface area (Å²) in [5, 5.41) is 11.3. The van der Waals surface area contributed by atoms with E-state index in [-0.39, 0.29) is 16.7 Å².